The summed E-state index contributed by atoms with van der Waals surface area (Å²) in [5, 5.41) is 0. The average molecular weight is 332 g/mol. The monoisotopic (exact) mass is 332 g/mol. The highest BCUT2D eigenvalue weighted by Crippen LogP contribution is 2.13. The van der Waals surface area contributed by atoms with Crippen LogP contribution < -0.4 is 5.56 Å². The summed E-state index contributed by atoms with van der Waals surface area (Å²) in [5.74, 6) is -0.256. The summed E-state index contributed by atoms with van der Waals surface area (Å²) in [5.41, 5.74) is 1.97. The van der Waals surface area contributed by atoms with E-state index >= 15 is 0 Å². The molecule has 3 aromatic rings. The number of carbonyl (C=O) groups is 1. The fourth-order valence-corrected chi connectivity index (χ4v) is 2.74. The number of hydrogen-bond donors (Lipinski definition) is 0. The number of pyridine rings is 1. The smallest absolute Gasteiger partial charge is 0.263 e. The van der Waals surface area contributed by atoms with Gasteiger partial charge in [-0.3, -0.25) is 9.59 Å². The number of amides is 1. The van der Waals surface area contributed by atoms with Gasteiger partial charge in [0.1, 0.15) is 5.56 Å². The molecular weight excluding hydrogens is 312 g/mol. The Balaban J connectivity index is 1.93. The molecule has 1 heterocycles. The average Bonchev–Trinajstić information content (AvgIpc) is 2.65. The number of aromatic nitrogens is 1. The molecule has 0 N–H and O–H groups in total. The molecule has 0 unspecified atom stereocenters. The van der Waals surface area contributed by atoms with E-state index in [2.05, 4.69) is 0 Å². The highest BCUT2D eigenvalue weighted by atomic mass is 16.2. The second-order valence-corrected chi connectivity index (χ2v) is 5.97. The van der Waals surface area contributed by atoms with Crippen LogP contribution in [0.25, 0.3) is 0 Å². The van der Waals surface area contributed by atoms with Crippen LogP contribution in [0.2, 0.25) is 0 Å². The van der Waals surface area contributed by atoms with Crippen molar-refractivity contribution in [2.75, 3.05) is 0 Å². The second-order valence-electron chi connectivity index (χ2n) is 5.97. The van der Waals surface area contributed by atoms with E-state index in [1.54, 1.807) is 30.3 Å². The molecule has 3 rings (SSSR count). The Labute approximate surface area is 147 Å². The van der Waals surface area contributed by atoms with Gasteiger partial charge in [-0.1, -0.05) is 60.7 Å². The summed E-state index contributed by atoms with van der Waals surface area (Å²) >= 11 is 0. The fourth-order valence-electron chi connectivity index (χ4n) is 2.74. The van der Waals surface area contributed by atoms with Crippen molar-refractivity contribution in [2.24, 2.45) is 7.05 Å². The molecule has 1 aromatic heterocycles. The molecule has 25 heavy (non-hydrogen) atoms. The van der Waals surface area contributed by atoms with Gasteiger partial charge < -0.3 is 9.47 Å². The maximum atomic E-state index is 13.0. The SMILES string of the molecule is Cn1cccc(C(=O)N(Cc2ccccc2)Cc2ccccc2)c1=O. The van der Waals surface area contributed by atoms with Crippen molar-refractivity contribution in [2.45, 2.75) is 13.1 Å². The van der Waals surface area contributed by atoms with Crippen LogP contribution in [-0.4, -0.2) is 15.4 Å². The van der Waals surface area contributed by atoms with E-state index in [4.69, 9.17) is 0 Å². The summed E-state index contributed by atoms with van der Waals surface area (Å²) in [4.78, 5) is 27.1. The van der Waals surface area contributed by atoms with Gasteiger partial charge in [0, 0.05) is 26.3 Å². The summed E-state index contributed by atoms with van der Waals surface area (Å²) < 4.78 is 1.43. The van der Waals surface area contributed by atoms with Gasteiger partial charge in [0.15, 0.2) is 0 Å². The van der Waals surface area contributed by atoms with E-state index in [9.17, 15) is 9.59 Å². The molecule has 0 aliphatic heterocycles. The second kappa shape index (κ2) is 7.62. The standard InChI is InChI=1S/C21H20N2O2/c1-22-14-8-13-19(20(22)24)21(25)23(15-17-9-4-2-5-10-17)16-18-11-6-3-7-12-18/h2-14H,15-16H2,1H3. The lowest BCUT2D eigenvalue weighted by molar-refractivity contribution is 0.0727. The predicted molar refractivity (Wildman–Crippen MR) is 98.1 cm³/mol. The molecule has 126 valence electrons. The Morgan fingerprint density at radius 2 is 1.36 bits per heavy atom. The van der Waals surface area contributed by atoms with E-state index in [-0.39, 0.29) is 17.0 Å². The number of rotatable bonds is 5. The van der Waals surface area contributed by atoms with Gasteiger partial charge >= 0.3 is 0 Å². The van der Waals surface area contributed by atoms with Gasteiger partial charge in [0.05, 0.1) is 0 Å². The van der Waals surface area contributed by atoms with Gasteiger partial charge in [-0.2, -0.15) is 0 Å². The lowest BCUT2D eigenvalue weighted by Gasteiger charge is -2.23. The summed E-state index contributed by atoms with van der Waals surface area (Å²) in [6.07, 6.45) is 1.65. The van der Waals surface area contributed by atoms with Crippen LogP contribution in [0.4, 0.5) is 0 Å². The summed E-state index contributed by atoms with van der Waals surface area (Å²) in [6, 6.07) is 22.9. The molecule has 0 spiro atoms. The molecule has 0 saturated carbocycles. The maximum absolute atomic E-state index is 13.0. The van der Waals surface area contributed by atoms with Gasteiger partial charge in [-0.05, 0) is 23.3 Å². The third-order valence-electron chi connectivity index (χ3n) is 4.07. The minimum Gasteiger partial charge on any atom is -0.330 e. The first kappa shape index (κ1) is 16.7. The number of benzene rings is 2. The van der Waals surface area contributed by atoms with Gasteiger partial charge in [0.25, 0.3) is 11.5 Å². The van der Waals surface area contributed by atoms with Crippen LogP contribution in [0, 0.1) is 0 Å². The molecule has 0 radical (unpaired) electrons. The predicted octanol–water partition coefficient (Wildman–Crippen LogP) is 3.23. The third kappa shape index (κ3) is 4.04. The molecule has 1 amide bonds. The molecule has 0 aliphatic rings. The normalized spacial score (nSPS) is 10.4. The van der Waals surface area contributed by atoms with Gasteiger partial charge in [0.2, 0.25) is 0 Å². The highest BCUT2D eigenvalue weighted by Gasteiger charge is 2.19. The molecule has 2 aromatic carbocycles. The van der Waals surface area contributed by atoms with Crippen LogP contribution in [0.1, 0.15) is 21.5 Å². The van der Waals surface area contributed by atoms with Crippen molar-refractivity contribution in [1.29, 1.82) is 0 Å². The van der Waals surface area contributed by atoms with E-state index in [1.165, 1.54) is 4.57 Å². The maximum Gasteiger partial charge on any atom is 0.263 e. The third-order valence-corrected chi connectivity index (χ3v) is 4.07. The Morgan fingerprint density at radius 1 is 0.840 bits per heavy atom. The first-order valence-corrected chi connectivity index (χ1v) is 8.18. The van der Waals surface area contributed by atoms with Crippen molar-refractivity contribution in [3.63, 3.8) is 0 Å². The molecule has 0 saturated heterocycles. The summed E-state index contributed by atoms with van der Waals surface area (Å²) in [6.45, 7) is 0.902. The first-order chi connectivity index (χ1) is 12.1. The number of carbonyl (C=O) groups excluding carboxylic acids is 1. The van der Waals surface area contributed by atoms with Crippen molar-refractivity contribution < 1.29 is 4.79 Å². The zero-order valence-electron chi connectivity index (χ0n) is 14.1. The number of nitrogens with zero attached hydrogens (tertiary/aromatic N) is 2. The van der Waals surface area contributed by atoms with Crippen LogP contribution in [0.15, 0.2) is 83.8 Å². The van der Waals surface area contributed by atoms with Crippen molar-refractivity contribution in [3.8, 4) is 0 Å². The Bertz CT molecular complexity index is 860. The quantitative estimate of drug-likeness (QED) is 0.720. The van der Waals surface area contributed by atoms with Crippen LogP contribution in [0.5, 0.6) is 0 Å². The van der Waals surface area contributed by atoms with E-state index in [0.717, 1.165) is 11.1 Å². The fraction of sp³-hybridized carbons (Fsp3) is 0.143. The molecule has 4 heteroatoms. The van der Waals surface area contributed by atoms with Gasteiger partial charge in [-0.25, -0.2) is 0 Å². The largest absolute Gasteiger partial charge is 0.330 e. The van der Waals surface area contributed by atoms with E-state index in [1.807, 2.05) is 60.7 Å². The first-order valence-electron chi connectivity index (χ1n) is 8.18. The zero-order chi connectivity index (χ0) is 17.6. The van der Waals surface area contributed by atoms with Crippen LogP contribution in [-0.2, 0) is 20.1 Å². The molecule has 0 aliphatic carbocycles. The van der Waals surface area contributed by atoms with Crippen molar-refractivity contribution in [1.82, 2.24) is 9.47 Å². The Hall–Kier alpha value is -3.14. The van der Waals surface area contributed by atoms with E-state index in [0.29, 0.717) is 13.1 Å². The van der Waals surface area contributed by atoms with Crippen molar-refractivity contribution >= 4 is 5.91 Å². The molecule has 4 nitrogen and oxygen atoms in total. The molecule has 0 bridgehead atoms. The minimum atomic E-state index is -0.279. The molecule has 0 fully saturated rings. The summed E-state index contributed by atoms with van der Waals surface area (Å²) in [7, 11) is 1.65. The highest BCUT2D eigenvalue weighted by molar-refractivity contribution is 5.93. The Kier molecular flexibility index (Phi) is 5.09. The number of aryl methyl sites for hydroxylation is 1. The van der Waals surface area contributed by atoms with Crippen molar-refractivity contribution in [3.05, 3.63) is 106 Å². The van der Waals surface area contributed by atoms with Gasteiger partial charge in [-0.15, -0.1) is 0 Å². The molecular formula is C21H20N2O2. The number of hydrogen-bond acceptors (Lipinski definition) is 2. The minimum absolute atomic E-state index is 0.192. The zero-order valence-corrected chi connectivity index (χ0v) is 14.1. The lowest BCUT2D eigenvalue weighted by atomic mass is 10.1. The topological polar surface area (TPSA) is 42.3 Å². The van der Waals surface area contributed by atoms with Crippen LogP contribution >= 0.6 is 0 Å². The lowest BCUT2D eigenvalue weighted by Crippen LogP contribution is -2.35. The van der Waals surface area contributed by atoms with Crippen LogP contribution in [0.3, 0.4) is 0 Å². The Morgan fingerprint density at radius 3 is 1.88 bits per heavy atom. The molecule has 0 atom stereocenters. The van der Waals surface area contributed by atoms with E-state index < -0.39 is 0 Å².